The lowest BCUT2D eigenvalue weighted by Gasteiger charge is -2.29. The maximum Gasteiger partial charge on any atom is 0.0687 e. The molecule has 2 rings (SSSR count). The Labute approximate surface area is 138 Å². The van der Waals surface area contributed by atoms with Gasteiger partial charge in [0.2, 0.25) is 0 Å². The number of aliphatic hydroxyl groups excluding tert-OH is 1. The number of aliphatic hydroxyl groups is 1. The zero-order valence-electron chi connectivity index (χ0n) is 13.7. The normalized spacial score (nSPS) is 18.5. The summed E-state index contributed by atoms with van der Waals surface area (Å²) in [5, 5.41) is 14.0. The van der Waals surface area contributed by atoms with Gasteiger partial charge >= 0.3 is 0 Å². The highest BCUT2D eigenvalue weighted by atomic mass is 35.5. The smallest absolute Gasteiger partial charge is 0.0687 e. The van der Waals surface area contributed by atoms with Gasteiger partial charge in [-0.15, -0.1) is 0 Å². The summed E-state index contributed by atoms with van der Waals surface area (Å²) in [5.41, 5.74) is 2.21. The molecule has 1 aliphatic rings. The molecule has 0 bridgehead atoms. The Morgan fingerprint density at radius 2 is 1.95 bits per heavy atom. The first-order chi connectivity index (χ1) is 10.5. The molecule has 1 aliphatic heterocycles. The molecule has 0 saturated carbocycles. The van der Waals surface area contributed by atoms with Gasteiger partial charge in [0.25, 0.3) is 0 Å². The van der Waals surface area contributed by atoms with Gasteiger partial charge in [-0.3, -0.25) is 0 Å². The summed E-state index contributed by atoms with van der Waals surface area (Å²) in [6.07, 6.45) is -0.339. The molecule has 0 spiro atoms. The van der Waals surface area contributed by atoms with Crippen molar-refractivity contribution in [3.05, 3.63) is 28.8 Å². The molecule has 5 heteroatoms. The first kappa shape index (κ1) is 17.5. The standard InChI is InChI=1S/C17H27ClN2O2/c1-12(2)17(21)11-19-13(3)15-5-4-14(10-16(15)18)20-6-8-22-9-7-20/h4-5,10,12-13,17,19,21H,6-9,11H2,1-3H3. The number of hydrogen-bond acceptors (Lipinski definition) is 4. The summed E-state index contributed by atoms with van der Waals surface area (Å²) < 4.78 is 5.38. The zero-order valence-corrected chi connectivity index (χ0v) is 14.4. The van der Waals surface area contributed by atoms with E-state index in [9.17, 15) is 5.11 Å². The molecule has 0 radical (unpaired) electrons. The first-order valence-electron chi connectivity index (χ1n) is 8.02. The third-order valence-electron chi connectivity index (χ3n) is 4.23. The van der Waals surface area contributed by atoms with E-state index in [4.69, 9.17) is 16.3 Å². The molecule has 1 fully saturated rings. The van der Waals surface area contributed by atoms with Crippen molar-refractivity contribution < 1.29 is 9.84 Å². The maximum atomic E-state index is 9.89. The fraction of sp³-hybridized carbons (Fsp3) is 0.647. The number of hydrogen-bond donors (Lipinski definition) is 2. The minimum absolute atomic E-state index is 0.111. The lowest BCUT2D eigenvalue weighted by Crippen LogP contribution is -2.36. The third kappa shape index (κ3) is 4.59. The van der Waals surface area contributed by atoms with Crippen molar-refractivity contribution in [3.8, 4) is 0 Å². The fourth-order valence-electron chi connectivity index (χ4n) is 2.53. The van der Waals surface area contributed by atoms with Gasteiger partial charge in [0.15, 0.2) is 0 Å². The summed E-state index contributed by atoms with van der Waals surface area (Å²) in [7, 11) is 0. The van der Waals surface area contributed by atoms with Gasteiger partial charge in [0.1, 0.15) is 0 Å². The van der Waals surface area contributed by atoms with E-state index in [0.29, 0.717) is 6.54 Å². The van der Waals surface area contributed by atoms with Crippen LogP contribution in [0.1, 0.15) is 32.4 Å². The van der Waals surface area contributed by atoms with Crippen molar-refractivity contribution >= 4 is 17.3 Å². The van der Waals surface area contributed by atoms with Gasteiger partial charge in [-0.25, -0.2) is 0 Å². The van der Waals surface area contributed by atoms with E-state index < -0.39 is 0 Å². The van der Waals surface area contributed by atoms with Crippen LogP contribution < -0.4 is 10.2 Å². The van der Waals surface area contributed by atoms with Crippen LogP contribution in [-0.2, 0) is 4.74 Å². The average molecular weight is 327 g/mol. The van der Waals surface area contributed by atoms with Crippen molar-refractivity contribution in [2.24, 2.45) is 5.92 Å². The van der Waals surface area contributed by atoms with Gasteiger partial charge in [0, 0.05) is 36.4 Å². The van der Waals surface area contributed by atoms with Gasteiger partial charge < -0.3 is 20.1 Å². The number of anilines is 1. The summed E-state index contributed by atoms with van der Waals surface area (Å²) in [4.78, 5) is 2.29. The molecule has 1 saturated heterocycles. The van der Waals surface area contributed by atoms with Crippen LogP contribution in [0.5, 0.6) is 0 Å². The van der Waals surface area contributed by atoms with Crippen LogP contribution in [0.25, 0.3) is 0 Å². The van der Waals surface area contributed by atoms with Gasteiger partial charge in [-0.2, -0.15) is 0 Å². The molecule has 2 atom stereocenters. The maximum absolute atomic E-state index is 9.89. The summed E-state index contributed by atoms with van der Waals surface area (Å²) in [6, 6.07) is 6.33. The molecule has 1 aromatic carbocycles. The molecular formula is C17H27ClN2O2. The molecule has 0 aliphatic carbocycles. The van der Waals surface area contributed by atoms with E-state index in [0.717, 1.165) is 42.6 Å². The number of ether oxygens (including phenoxy) is 1. The number of rotatable bonds is 6. The van der Waals surface area contributed by atoms with Crippen LogP contribution >= 0.6 is 11.6 Å². The lowest BCUT2D eigenvalue weighted by atomic mass is 10.0. The van der Waals surface area contributed by atoms with Crippen molar-refractivity contribution in [2.45, 2.75) is 32.9 Å². The Bertz CT molecular complexity index is 476. The van der Waals surface area contributed by atoms with Crippen molar-refractivity contribution in [2.75, 3.05) is 37.7 Å². The van der Waals surface area contributed by atoms with Gasteiger partial charge in [0.05, 0.1) is 19.3 Å². The van der Waals surface area contributed by atoms with Crippen molar-refractivity contribution in [3.63, 3.8) is 0 Å². The minimum Gasteiger partial charge on any atom is -0.392 e. The highest BCUT2D eigenvalue weighted by Crippen LogP contribution is 2.28. The molecule has 124 valence electrons. The molecule has 1 aromatic rings. The Morgan fingerprint density at radius 1 is 1.27 bits per heavy atom. The number of morpholine rings is 1. The van der Waals surface area contributed by atoms with Crippen LogP contribution in [0.3, 0.4) is 0 Å². The highest BCUT2D eigenvalue weighted by Gasteiger charge is 2.16. The Balaban J connectivity index is 1.99. The Hall–Kier alpha value is -0.810. The van der Waals surface area contributed by atoms with E-state index in [1.807, 2.05) is 19.9 Å². The lowest BCUT2D eigenvalue weighted by molar-refractivity contribution is 0.120. The second kappa shape index (κ2) is 8.16. The summed E-state index contributed by atoms with van der Waals surface area (Å²) >= 11 is 6.46. The Kier molecular flexibility index (Phi) is 6.50. The largest absolute Gasteiger partial charge is 0.392 e. The molecule has 2 unspecified atom stereocenters. The topological polar surface area (TPSA) is 44.7 Å². The number of halogens is 1. The minimum atomic E-state index is -0.339. The molecule has 22 heavy (non-hydrogen) atoms. The first-order valence-corrected chi connectivity index (χ1v) is 8.40. The molecule has 4 nitrogen and oxygen atoms in total. The van der Waals surface area contributed by atoms with E-state index in [1.165, 1.54) is 0 Å². The van der Waals surface area contributed by atoms with Crippen molar-refractivity contribution in [1.82, 2.24) is 5.32 Å². The number of benzene rings is 1. The fourth-order valence-corrected chi connectivity index (χ4v) is 2.87. The van der Waals surface area contributed by atoms with Crippen LogP contribution in [0.4, 0.5) is 5.69 Å². The zero-order chi connectivity index (χ0) is 16.1. The summed E-state index contributed by atoms with van der Waals surface area (Å²) in [5.74, 6) is 0.249. The second-order valence-corrected chi connectivity index (χ2v) is 6.65. The monoisotopic (exact) mass is 326 g/mol. The van der Waals surface area contributed by atoms with E-state index in [1.54, 1.807) is 0 Å². The average Bonchev–Trinajstić information content (AvgIpc) is 2.52. The van der Waals surface area contributed by atoms with E-state index in [2.05, 4.69) is 29.3 Å². The van der Waals surface area contributed by atoms with Crippen molar-refractivity contribution in [1.29, 1.82) is 0 Å². The summed E-state index contributed by atoms with van der Waals surface area (Å²) in [6.45, 7) is 10.0. The molecule has 0 amide bonds. The second-order valence-electron chi connectivity index (χ2n) is 6.25. The van der Waals surface area contributed by atoms with Gasteiger partial charge in [-0.05, 0) is 30.5 Å². The molecular weight excluding hydrogens is 300 g/mol. The predicted octanol–water partition coefficient (Wildman–Crippen LogP) is 2.84. The van der Waals surface area contributed by atoms with Crippen LogP contribution in [0.15, 0.2) is 18.2 Å². The van der Waals surface area contributed by atoms with E-state index in [-0.39, 0.29) is 18.1 Å². The quantitative estimate of drug-likeness (QED) is 0.843. The predicted molar refractivity (Wildman–Crippen MR) is 91.7 cm³/mol. The third-order valence-corrected chi connectivity index (χ3v) is 4.56. The van der Waals surface area contributed by atoms with Crippen LogP contribution in [-0.4, -0.2) is 44.1 Å². The van der Waals surface area contributed by atoms with Crippen LogP contribution in [0.2, 0.25) is 5.02 Å². The number of nitrogens with zero attached hydrogens (tertiary/aromatic N) is 1. The van der Waals surface area contributed by atoms with Crippen LogP contribution in [0, 0.1) is 5.92 Å². The Morgan fingerprint density at radius 3 is 2.55 bits per heavy atom. The molecule has 0 aromatic heterocycles. The number of nitrogens with one attached hydrogen (secondary N) is 1. The molecule has 2 N–H and O–H groups in total. The van der Waals surface area contributed by atoms with Gasteiger partial charge in [-0.1, -0.05) is 31.5 Å². The molecule has 1 heterocycles. The SMILES string of the molecule is CC(NCC(O)C(C)C)c1ccc(N2CCOCC2)cc1Cl. The van der Waals surface area contributed by atoms with E-state index >= 15 is 0 Å². The highest BCUT2D eigenvalue weighted by molar-refractivity contribution is 6.31.